The molecule has 0 amide bonds. The van der Waals surface area contributed by atoms with E-state index in [1.165, 1.54) is 17.5 Å². The van der Waals surface area contributed by atoms with Crippen LogP contribution in [0.1, 0.15) is 42.7 Å². The van der Waals surface area contributed by atoms with Crippen LogP contribution in [0.5, 0.6) is 5.75 Å². The van der Waals surface area contributed by atoms with Gasteiger partial charge in [-0.05, 0) is 67.2 Å². The van der Waals surface area contributed by atoms with Gasteiger partial charge in [-0.25, -0.2) is 0 Å². The molecule has 2 nitrogen and oxygen atoms in total. The topological polar surface area (TPSA) is 29.5 Å². The van der Waals surface area contributed by atoms with Gasteiger partial charge in [0, 0.05) is 0 Å². The summed E-state index contributed by atoms with van der Waals surface area (Å²) >= 11 is 0. The molecule has 2 aliphatic carbocycles. The number of hydrogen-bond donors (Lipinski definition) is 1. The summed E-state index contributed by atoms with van der Waals surface area (Å²) in [6.07, 6.45) is 5.41. The lowest BCUT2D eigenvalue weighted by Crippen LogP contribution is -2.30. The van der Waals surface area contributed by atoms with E-state index in [4.69, 9.17) is 4.74 Å². The lowest BCUT2D eigenvalue weighted by atomic mass is 9.67. The van der Waals surface area contributed by atoms with Crippen LogP contribution in [0.15, 0.2) is 18.2 Å². The highest BCUT2D eigenvalue weighted by atomic mass is 16.5. The van der Waals surface area contributed by atoms with E-state index in [9.17, 15) is 5.11 Å². The fraction of sp³-hybridized carbons (Fsp3) is 0.600. The highest BCUT2D eigenvalue weighted by Crippen LogP contribution is 2.45. The number of fused-ring (bicyclic) bond motifs is 3. The SMILES string of the molecule is COc1ccc2c(c1)CC[C@H]1C[C@@H](O)CC[C@H]21. The zero-order valence-corrected chi connectivity index (χ0v) is 10.4. The van der Waals surface area contributed by atoms with Crippen molar-refractivity contribution in [1.29, 1.82) is 0 Å². The fourth-order valence-corrected chi connectivity index (χ4v) is 3.60. The van der Waals surface area contributed by atoms with Crippen molar-refractivity contribution in [3.63, 3.8) is 0 Å². The summed E-state index contributed by atoms with van der Waals surface area (Å²) in [6, 6.07) is 6.51. The average Bonchev–Trinajstić information content (AvgIpc) is 2.37. The van der Waals surface area contributed by atoms with Crippen molar-refractivity contribution in [2.24, 2.45) is 5.92 Å². The molecule has 2 heteroatoms. The van der Waals surface area contributed by atoms with Gasteiger partial charge < -0.3 is 9.84 Å². The van der Waals surface area contributed by atoms with Crippen LogP contribution < -0.4 is 4.74 Å². The molecule has 0 radical (unpaired) electrons. The van der Waals surface area contributed by atoms with Gasteiger partial charge in [0.2, 0.25) is 0 Å². The molecular weight excluding hydrogens is 212 g/mol. The van der Waals surface area contributed by atoms with E-state index in [1.807, 2.05) is 0 Å². The monoisotopic (exact) mass is 232 g/mol. The molecule has 3 atom stereocenters. The number of aliphatic hydroxyl groups excluding tert-OH is 1. The third-order valence-electron chi connectivity index (χ3n) is 4.49. The zero-order chi connectivity index (χ0) is 11.8. The van der Waals surface area contributed by atoms with Gasteiger partial charge in [-0.2, -0.15) is 0 Å². The van der Waals surface area contributed by atoms with Crippen molar-refractivity contribution in [2.45, 2.75) is 44.1 Å². The first-order chi connectivity index (χ1) is 8.28. The first-order valence-corrected chi connectivity index (χ1v) is 6.63. The van der Waals surface area contributed by atoms with E-state index in [0.29, 0.717) is 11.8 Å². The number of hydrogen-bond acceptors (Lipinski definition) is 2. The molecular formula is C15H20O2. The Bertz CT molecular complexity index is 413. The second kappa shape index (κ2) is 4.34. The number of aliphatic hydroxyl groups is 1. The molecule has 3 rings (SSSR count). The molecule has 1 aromatic carbocycles. The van der Waals surface area contributed by atoms with Gasteiger partial charge in [-0.3, -0.25) is 0 Å². The summed E-state index contributed by atoms with van der Waals surface area (Å²) in [5.41, 5.74) is 2.97. The van der Waals surface area contributed by atoms with Crippen molar-refractivity contribution in [1.82, 2.24) is 0 Å². The number of rotatable bonds is 1. The minimum atomic E-state index is -0.0592. The van der Waals surface area contributed by atoms with Gasteiger partial charge in [0.05, 0.1) is 13.2 Å². The van der Waals surface area contributed by atoms with Crippen molar-refractivity contribution in [2.75, 3.05) is 7.11 Å². The Morgan fingerprint density at radius 3 is 2.94 bits per heavy atom. The van der Waals surface area contributed by atoms with E-state index >= 15 is 0 Å². The van der Waals surface area contributed by atoms with Crippen LogP contribution >= 0.6 is 0 Å². The Morgan fingerprint density at radius 2 is 2.12 bits per heavy atom. The summed E-state index contributed by atoms with van der Waals surface area (Å²) in [5.74, 6) is 2.34. The fourth-order valence-electron chi connectivity index (χ4n) is 3.60. The van der Waals surface area contributed by atoms with Crippen LogP contribution in [-0.2, 0) is 6.42 Å². The van der Waals surface area contributed by atoms with Crippen molar-refractivity contribution in [3.05, 3.63) is 29.3 Å². The summed E-state index contributed by atoms with van der Waals surface area (Å²) in [7, 11) is 1.73. The molecule has 0 unspecified atom stereocenters. The molecule has 17 heavy (non-hydrogen) atoms. The van der Waals surface area contributed by atoms with Crippen molar-refractivity contribution >= 4 is 0 Å². The summed E-state index contributed by atoms with van der Waals surface area (Å²) in [5, 5.41) is 9.76. The van der Waals surface area contributed by atoms with Gasteiger partial charge in [0.1, 0.15) is 5.75 Å². The largest absolute Gasteiger partial charge is 0.497 e. The molecule has 0 heterocycles. The highest BCUT2D eigenvalue weighted by Gasteiger charge is 2.34. The minimum Gasteiger partial charge on any atom is -0.497 e. The second-order valence-corrected chi connectivity index (χ2v) is 5.44. The highest BCUT2D eigenvalue weighted by molar-refractivity contribution is 5.40. The van der Waals surface area contributed by atoms with E-state index in [2.05, 4.69) is 18.2 Å². The molecule has 1 N–H and O–H groups in total. The number of ether oxygens (including phenoxy) is 1. The molecule has 92 valence electrons. The quantitative estimate of drug-likeness (QED) is 0.806. The van der Waals surface area contributed by atoms with Gasteiger partial charge in [-0.1, -0.05) is 6.07 Å². The van der Waals surface area contributed by atoms with Crippen LogP contribution in [-0.4, -0.2) is 18.3 Å². The average molecular weight is 232 g/mol. The molecule has 0 aliphatic heterocycles. The Hall–Kier alpha value is -1.02. The standard InChI is InChI=1S/C15H20O2/c1-17-13-5-7-15-11(9-13)3-2-10-8-12(16)4-6-14(10)15/h5,7,9-10,12,14,16H,2-4,6,8H2,1H3/t10-,12-,14-/m0/s1. The lowest BCUT2D eigenvalue weighted by Gasteiger charge is -2.39. The molecule has 1 fully saturated rings. The minimum absolute atomic E-state index is 0.0592. The van der Waals surface area contributed by atoms with Crippen LogP contribution in [0.2, 0.25) is 0 Å². The number of benzene rings is 1. The molecule has 0 spiro atoms. The maximum atomic E-state index is 9.76. The third-order valence-corrected chi connectivity index (χ3v) is 4.49. The Balaban J connectivity index is 1.91. The maximum absolute atomic E-state index is 9.76. The zero-order valence-electron chi connectivity index (χ0n) is 10.4. The summed E-state index contributed by atoms with van der Waals surface area (Å²) < 4.78 is 5.29. The van der Waals surface area contributed by atoms with Crippen LogP contribution in [0, 0.1) is 5.92 Å². The Labute approximate surface area is 103 Å². The van der Waals surface area contributed by atoms with Crippen molar-refractivity contribution < 1.29 is 9.84 Å². The normalized spacial score (nSPS) is 31.5. The maximum Gasteiger partial charge on any atom is 0.119 e. The first kappa shape index (κ1) is 11.1. The molecule has 1 aromatic rings. The van der Waals surface area contributed by atoms with Gasteiger partial charge in [0.15, 0.2) is 0 Å². The molecule has 0 aromatic heterocycles. The smallest absolute Gasteiger partial charge is 0.119 e. The van der Waals surface area contributed by atoms with E-state index in [-0.39, 0.29) is 6.10 Å². The van der Waals surface area contributed by atoms with E-state index < -0.39 is 0 Å². The van der Waals surface area contributed by atoms with Gasteiger partial charge >= 0.3 is 0 Å². The van der Waals surface area contributed by atoms with Gasteiger partial charge in [0.25, 0.3) is 0 Å². The molecule has 2 aliphatic rings. The third kappa shape index (κ3) is 1.95. The summed E-state index contributed by atoms with van der Waals surface area (Å²) in [4.78, 5) is 0. The molecule has 0 saturated heterocycles. The van der Waals surface area contributed by atoms with Crippen LogP contribution in [0.3, 0.4) is 0 Å². The van der Waals surface area contributed by atoms with Gasteiger partial charge in [-0.15, -0.1) is 0 Å². The first-order valence-electron chi connectivity index (χ1n) is 6.63. The second-order valence-electron chi connectivity index (χ2n) is 5.44. The predicted molar refractivity (Wildman–Crippen MR) is 67.4 cm³/mol. The Morgan fingerprint density at radius 1 is 1.24 bits per heavy atom. The predicted octanol–water partition coefficient (Wildman–Crippen LogP) is 2.89. The Kier molecular flexibility index (Phi) is 2.83. The van der Waals surface area contributed by atoms with E-state index in [0.717, 1.165) is 31.4 Å². The van der Waals surface area contributed by atoms with Crippen LogP contribution in [0.25, 0.3) is 0 Å². The van der Waals surface area contributed by atoms with Crippen molar-refractivity contribution in [3.8, 4) is 5.75 Å². The molecule has 1 saturated carbocycles. The lowest BCUT2D eigenvalue weighted by molar-refractivity contribution is 0.0828. The molecule has 0 bridgehead atoms. The number of methoxy groups -OCH3 is 1. The van der Waals surface area contributed by atoms with E-state index in [1.54, 1.807) is 7.11 Å². The van der Waals surface area contributed by atoms with Crippen LogP contribution in [0.4, 0.5) is 0 Å². The summed E-state index contributed by atoms with van der Waals surface area (Å²) in [6.45, 7) is 0. The number of aryl methyl sites for hydroxylation is 1.